The second-order valence-electron chi connectivity index (χ2n) is 8.15. The number of rotatable bonds is 7. The molecule has 2 amide bonds. The molecule has 0 radical (unpaired) electrons. The molecule has 0 aliphatic carbocycles. The minimum atomic E-state index is -1.10. The molecule has 1 heterocycles. The second-order valence-corrected chi connectivity index (χ2v) is 9.33. The Morgan fingerprint density at radius 3 is 2.54 bits per heavy atom. The van der Waals surface area contributed by atoms with Gasteiger partial charge in [-0.1, -0.05) is 23.2 Å². The molecule has 9 nitrogen and oxygen atoms in total. The summed E-state index contributed by atoms with van der Waals surface area (Å²) in [5.74, 6) is -0.315. The van der Waals surface area contributed by atoms with Crippen molar-refractivity contribution in [2.45, 2.75) is 31.9 Å². The van der Waals surface area contributed by atoms with Crippen LogP contribution < -0.4 is 15.1 Å². The Balaban J connectivity index is 1.88. The normalized spacial score (nSPS) is 15.7. The number of hydrogen-bond donors (Lipinski definition) is 3. The van der Waals surface area contributed by atoms with Gasteiger partial charge in [0.1, 0.15) is 18.2 Å². The molecule has 0 aromatic heterocycles. The summed E-state index contributed by atoms with van der Waals surface area (Å²) in [5, 5.41) is 30.6. The molecule has 1 fully saturated rings. The van der Waals surface area contributed by atoms with E-state index in [0.717, 1.165) is 0 Å². The standard InChI is InChI=1S/C23H22Cl2N4O5S/c1-23(2)20(32)28(14-4-3-13(11-26)18(25)9-14)22(35)29(23)15-5-6-17(24)19(10-15)27-21(33)34-12-16(31)7-8-30/h3-6,9-10,16,30-31H,7-8,12H2,1-2H3,(H,27,33)/t16-/m1/s1. The first-order valence-electron chi connectivity index (χ1n) is 10.4. The number of benzene rings is 2. The number of nitrogens with one attached hydrogen (secondary N) is 1. The van der Waals surface area contributed by atoms with E-state index in [9.17, 15) is 14.7 Å². The molecule has 2 aromatic carbocycles. The smallest absolute Gasteiger partial charge is 0.411 e. The van der Waals surface area contributed by atoms with Crippen LogP contribution in [0, 0.1) is 11.3 Å². The zero-order valence-electron chi connectivity index (χ0n) is 18.8. The fourth-order valence-electron chi connectivity index (χ4n) is 3.49. The molecule has 1 aliphatic heterocycles. The molecule has 35 heavy (non-hydrogen) atoms. The molecule has 3 N–H and O–H groups in total. The lowest BCUT2D eigenvalue weighted by atomic mass is 10.0. The molecular weight excluding hydrogens is 515 g/mol. The molecule has 3 rings (SSSR count). The van der Waals surface area contributed by atoms with Gasteiger partial charge in [0.25, 0.3) is 5.91 Å². The Kier molecular flexibility index (Phi) is 8.20. The maximum absolute atomic E-state index is 13.4. The van der Waals surface area contributed by atoms with Crippen molar-refractivity contribution in [2.24, 2.45) is 0 Å². The average Bonchev–Trinajstić information content (AvgIpc) is 2.98. The Hall–Kier alpha value is -2.94. The minimum Gasteiger partial charge on any atom is -0.447 e. The van der Waals surface area contributed by atoms with Crippen LogP contribution in [0.3, 0.4) is 0 Å². The van der Waals surface area contributed by atoms with E-state index in [-0.39, 0.29) is 52.0 Å². The van der Waals surface area contributed by atoms with Crippen LogP contribution in [0.1, 0.15) is 25.8 Å². The van der Waals surface area contributed by atoms with Gasteiger partial charge in [0.2, 0.25) is 0 Å². The molecule has 12 heteroatoms. The Morgan fingerprint density at radius 1 is 1.23 bits per heavy atom. The van der Waals surface area contributed by atoms with Crippen molar-refractivity contribution in [3.05, 3.63) is 52.0 Å². The first kappa shape index (κ1) is 26.7. The summed E-state index contributed by atoms with van der Waals surface area (Å²) in [7, 11) is 0. The molecule has 0 unspecified atom stereocenters. The van der Waals surface area contributed by atoms with E-state index in [0.29, 0.717) is 11.4 Å². The van der Waals surface area contributed by atoms with Crippen LogP contribution in [0.25, 0.3) is 0 Å². The van der Waals surface area contributed by atoms with Gasteiger partial charge in [-0.05, 0) is 68.9 Å². The van der Waals surface area contributed by atoms with Crippen LogP contribution in [0.15, 0.2) is 36.4 Å². The summed E-state index contributed by atoms with van der Waals surface area (Å²) < 4.78 is 4.96. The highest BCUT2D eigenvalue weighted by Gasteiger charge is 2.50. The van der Waals surface area contributed by atoms with Crippen molar-refractivity contribution in [1.82, 2.24) is 0 Å². The fourth-order valence-corrected chi connectivity index (χ4v) is 4.39. The number of carbonyl (C=O) groups is 2. The number of hydrogen-bond acceptors (Lipinski definition) is 7. The molecule has 1 aliphatic rings. The third-order valence-electron chi connectivity index (χ3n) is 5.31. The number of nitriles is 1. The van der Waals surface area contributed by atoms with Crippen molar-refractivity contribution in [3.8, 4) is 6.07 Å². The number of carbonyl (C=O) groups excluding carboxylic acids is 2. The molecule has 0 spiro atoms. The van der Waals surface area contributed by atoms with Gasteiger partial charge >= 0.3 is 6.09 Å². The first-order valence-corrected chi connectivity index (χ1v) is 11.6. The lowest BCUT2D eigenvalue weighted by molar-refractivity contribution is -0.120. The number of ether oxygens (including phenoxy) is 1. The summed E-state index contributed by atoms with van der Waals surface area (Å²) >= 11 is 18.1. The third kappa shape index (κ3) is 5.50. The van der Waals surface area contributed by atoms with E-state index in [4.69, 9.17) is 50.5 Å². The van der Waals surface area contributed by atoms with E-state index in [1.807, 2.05) is 6.07 Å². The zero-order chi connectivity index (χ0) is 25.9. The largest absolute Gasteiger partial charge is 0.447 e. The lowest BCUT2D eigenvalue weighted by Gasteiger charge is -2.30. The van der Waals surface area contributed by atoms with Gasteiger partial charge in [0.15, 0.2) is 5.11 Å². The first-order chi connectivity index (χ1) is 16.5. The molecule has 2 aromatic rings. The van der Waals surface area contributed by atoms with Crippen LogP contribution in [-0.2, 0) is 9.53 Å². The molecule has 1 atom stereocenters. The quantitative estimate of drug-likeness (QED) is 0.452. The van der Waals surface area contributed by atoms with Crippen molar-refractivity contribution < 1.29 is 24.5 Å². The highest BCUT2D eigenvalue weighted by molar-refractivity contribution is 7.81. The predicted octanol–water partition coefficient (Wildman–Crippen LogP) is 4.07. The summed E-state index contributed by atoms with van der Waals surface area (Å²) in [5.41, 5.74) is 0.273. The summed E-state index contributed by atoms with van der Waals surface area (Å²) in [4.78, 5) is 28.5. The van der Waals surface area contributed by atoms with Crippen molar-refractivity contribution in [2.75, 3.05) is 28.3 Å². The Bertz CT molecular complexity index is 1220. The Morgan fingerprint density at radius 2 is 1.91 bits per heavy atom. The third-order valence-corrected chi connectivity index (χ3v) is 6.32. The van der Waals surface area contributed by atoms with Gasteiger partial charge in [0.05, 0.1) is 33.1 Å². The van der Waals surface area contributed by atoms with E-state index in [1.54, 1.807) is 36.9 Å². The van der Waals surface area contributed by atoms with Crippen LogP contribution in [-0.4, -0.2) is 52.2 Å². The molecule has 1 saturated heterocycles. The van der Waals surface area contributed by atoms with Crippen molar-refractivity contribution in [1.29, 1.82) is 5.26 Å². The van der Waals surface area contributed by atoms with E-state index < -0.39 is 17.7 Å². The summed E-state index contributed by atoms with van der Waals surface area (Å²) in [6, 6.07) is 11.3. The van der Waals surface area contributed by atoms with Crippen LogP contribution in [0.4, 0.5) is 21.9 Å². The maximum atomic E-state index is 13.4. The summed E-state index contributed by atoms with van der Waals surface area (Å²) in [6.07, 6.45) is -1.78. The number of aliphatic hydroxyl groups excluding tert-OH is 2. The SMILES string of the molecule is CC1(C)C(=O)N(c2ccc(C#N)c(Cl)c2)C(=S)N1c1ccc(Cl)c(NC(=O)OC[C@H](O)CCO)c1. The van der Waals surface area contributed by atoms with Crippen LogP contribution >= 0.6 is 35.4 Å². The Labute approximate surface area is 217 Å². The monoisotopic (exact) mass is 536 g/mol. The topological polar surface area (TPSA) is 126 Å². The number of aliphatic hydroxyl groups is 2. The van der Waals surface area contributed by atoms with Crippen LogP contribution in [0.5, 0.6) is 0 Å². The van der Waals surface area contributed by atoms with Gasteiger partial charge < -0.3 is 19.8 Å². The highest BCUT2D eigenvalue weighted by Crippen LogP contribution is 2.39. The predicted molar refractivity (Wildman–Crippen MR) is 137 cm³/mol. The van der Waals surface area contributed by atoms with Gasteiger partial charge in [-0.3, -0.25) is 15.0 Å². The molecule has 0 saturated carbocycles. The molecular formula is C23H22Cl2N4O5S. The van der Waals surface area contributed by atoms with Gasteiger partial charge in [-0.15, -0.1) is 0 Å². The van der Waals surface area contributed by atoms with Crippen LogP contribution in [0.2, 0.25) is 10.0 Å². The molecule has 184 valence electrons. The fraction of sp³-hybridized carbons (Fsp3) is 0.304. The lowest BCUT2D eigenvalue weighted by Crippen LogP contribution is -2.44. The number of anilines is 3. The zero-order valence-corrected chi connectivity index (χ0v) is 21.1. The van der Waals surface area contributed by atoms with Gasteiger partial charge in [-0.25, -0.2) is 4.79 Å². The van der Waals surface area contributed by atoms with E-state index in [1.165, 1.54) is 23.1 Å². The highest BCUT2D eigenvalue weighted by atomic mass is 35.5. The number of halogens is 2. The van der Waals surface area contributed by atoms with Crippen molar-refractivity contribution >= 4 is 69.6 Å². The molecule has 0 bridgehead atoms. The van der Waals surface area contributed by atoms with E-state index in [2.05, 4.69) is 5.32 Å². The van der Waals surface area contributed by atoms with Crippen molar-refractivity contribution in [3.63, 3.8) is 0 Å². The summed E-state index contributed by atoms with van der Waals surface area (Å²) in [6.45, 7) is 2.86. The maximum Gasteiger partial charge on any atom is 0.411 e. The van der Waals surface area contributed by atoms with Gasteiger partial charge in [0, 0.05) is 12.3 Å². The minimum absolute atomic E-state index is 0.0694. The van der Waals surface area contributed by atoms with Gasteiger partial charge in [-0.2, -0.15) is 5.26 Å². The second kappa shape index (κ2) is 10.8. The van der Waals surface area contributed by atoms with E-state index >= 15 is 0 Å². The number of thiocarbonyl (C=S) groups is 1. The number of nitrogens with zero attached hydrogens (tertiary/aromatic N) is 3. The average molecular weight is 537 g/mol. The number of amides is 2.